The third-order valence-electron chi connectivity index (χ3n) is 3.21. The zero-order valence-electron chi connectivity index (χ0n) is 11.9. The number of nitrogens with zero attached hydrogens (tertiary/aromatic N) is 1. The average molecular weight is 299 g/mol. The Morgan fingerprint density at radius 3 is 2.36 bits per heavy atom. The van der Waals surface area contributed by atoms with Crippen molar-refractivity contribution in [3.05, 3.63) is 75.8 Å². The molecule has 1 atom stereocenters. The molecule has 0 spiro atoms. The van der Waals surface area contributed by atoms with Gasteiger partial charge in [0.25, 0.3) is 11.6 Å². The van der Waals surface area contributed by atoms with E-state index in [2.05, 4.69) is 5.32 Å². The molecule has 3 N–H and O–H groups in total. The number of hydrogen-bond donors (Lipinski definition) is 2. The smallest absolute Gasteiger partial charge is 0.269 e. The zero-order valence-corrected chi connectivity index (χ0v) is 11.9. The first kappa shape index (κ1) is 15.7. The van der Waals surface area contributed by atoms with Crippen LogP contribution >= 0.6 is 0 Å². The highest BCUT2D eigenvalue weighted by molar-refractivity contribution is 5.94. The minimum atomic E-state index is -0.503. The molecule has 6 nitrogen and oxygen atoms in total. The van der Waals surface area contributed by atoms with Gasteiger partial charge in [0.1, 0.15) is 0 Å². The van der Waals surface area contributed by atoms with Gasteiger partial charge in [0.2, 0.25) is 0 Å². The molecule has 2 aromatic carbocycles. The summed E-state index contributed by atoms with van der Waals surface area (Å²) in [6.45, 7) is 0.338. The zero-order chi connectivity index (χ0) is 15.9. The molecule has 0 aliphatic rings. The number of carbonyl (C=O) groups excluding carboxylic acids is 1. The van der Waals surface area contributed by atoms with Crippen molar-refractivity contribution in [2.24, 2.45) is 5.73 Å². The summed E-state index contributed by atoms with van der Waals surface area (Å²) < 4.78 is 0. The van der Waals surface area contributed by atoms with Crippen LogP contribution in [0.5, 0.6) is 0 Å². The van der Waals surface area contributed by atoms with Gasteiger partial charge in [-0.1, -0.05) is 30.3 Å². The quantitative estimate of drug-likeness (QED) is 0.628. The molecule has 0 heterocycles. The van der Waals surface area contributed by atoms with Crippen molar-refractivity contribution < 1.29 is 9.72 Å². The third kappa shape index (κ3) is 4.39. The van der Waals surface area contributed by atoms with E-state index < -0.39 is 4.92 Å². The van der Waals surface area contributed by atoms with Crippen molar-refractivity contribution in [2.75, 3.05) is 6.54 Å². The second kappa shape index (κ2) is 7.33. The molecule has 2 aromatic rings. The molecule has 0 radical (unpaired) electrons. The molecule has 0 aliphatic heterocycles. The highest BCUT2D eigenvalue weighted by atomic mass is 16.6. The standard InChI is InChI=1S/C16H17N3O3/c17-14(10-12-4-2-1-3-5-12)11-18-16(20)13-6-8-15(9-7-13)19(21)22/h1-9,14H,10-11,17H2,(H,18,20)/t14-/m1/s1. The number of carbonyl (C=O) groups is 1. The van der Waals surface area contributed by atoms with Crippen molar-refractivity contribution in [2.45, 2.75) is 12.5 Å². The summed E-state index contributed by atoms with van der Waals surface area (Å²) in [5, 5.41) is 13.3. The van der Waals surface area contributed by atoms with E-state index in [1.165, 1.54) is 24.3 Å². The summed E-state index contributed by atoms with van der Waals surface area (Å²) in [4.78, 5) is 22.0. The molecule has 0 unspecified atom stereocenters. The molecule has 0 bridgehead atoms. The summed E-state index contributed by atoms with van der Waals surface area (Å²) in [7, 11) is 0. The lowest BCUT2D eigenvalue weighted by Crippen LogP contribution is -2.38. The molecule has 2 rings (SSSR count). The topological polar surface area (TPSA) is 98.3 Å². The van der Waals surface area contributed by atoms with Gasteiger partial charge >= 0.3 is 0 Å². The first-order valence-corrected chi connectivity index (χ1v) is 6.88. The van der Waals surface area contributed by atoms with Crippen LogP contribution in [-0.2, 0) is 6.42 Å². The van der Waals surface area contributed by atoms with Gasteiger partial charge < -0.3 is 11.1 Å². The molecular formula is C16H17N3O3. The van der Waals surface area contributed by atoms with Crippen LogP contribution in [0.3, 0.4) is 0 Å². The maximum Gasteiger partial charge on any atom is 0.269 e. The summed E-state index contributed by atoms with van der Waals surface area (Å²) in [6, 6.07) is 15.1. The highest BCUT2D eigenvalue weighted by Gasteiger charge is 2.11. The molecular weight excluding hydrogens is 282 g/mol. The van der Waals surface area contributed by atoms with Crippen LogP contribution < -0.4 is 11.1 Å². The van der Waals surface area contributed by atoms with Gasteiger partial charge in [-0.15, -0.1) is 0 Å². The molecule has 0 saturated heterocycles. The third-order valence-corrected chi connectivity index (χ3v) is 3.21. The average Bonchev–Trinajstić information content (AvgIpc) is 2.53. The number of nitro groups is 1. The SMILES string of the molecule is N[C@@H](CNC(=O)c1ccc([N+](=O)[O-])cc1)Cc1ccccc1. The number of amides is 1. The van der Waals surface area contributed by atoms with Gasteiger partial charge in [0.15, 0.2) is 0 Å². The van der Waals surface area contributed by atoms with Crippen LogP contribution in [0.4, 0.5) is 5.69 Å². The lowest BCUT2D eigenvalue weighted by Gasteiger charge is -2.13. The van der Waals surface area contributed by atoms with E-state index in [4.69, 9.17) is 5.73 Å². The minimum Gasteiger partial charge on any atom is -0.350 e. The Hall–Kier alpha value is -2.73. The molecule has 0 saturated carbocycles. The molecule has 6 heteroatoms. The normalized spacial score (nSPS) is 11.7. The second-order valence-electron chi connectivity index (χ2n) is 4.96. The van der Waals surface area contributed by atoms with Crippen LogP contribution in [0.25, 0.3) is 0 Å². The first-order chi connectivity index (χ1) is 10.6. The largest absolute Gasteiger partial charge is 0.350 e. The van der Waals surface area contributed by atoms with E-state index in [0.717, 1.165) is 5.56 Å². The number of hydrogen-bond acceptors (Lipinski definition) is 4. The number of rotatable bonds is 6. The number of nitro benzene ring substituents is 1. The number of nitrogens with two attached hydrogens (primary N) is 1. The van der Waals surface area contributed by atoms with E-state index in [1.54, 1.807) is 0 Å². The lowest BCUT2D eigenvalue weighted by molar-refractivity contribution is -0.384. The van der Waals surface area contributed by atoms with Gasteiger partial charge in [-0.05, 0) is 24.1 Å². The maximum absolute atomic E-state index is 11.9. The second-order valence-corrected chi connectivity index (χ2v) is 4.96. The Bertz CT molecular complexity index is 641. The monoisotopic (exact) mass is 299 g/mol. The van der Waals surface area contributed by atoms with Crippen molar-refractivity contribution in [1.82, 2.24) is 5.32 Å². The van der Waals surface area contributed by atoms with E-state index in [9.17, 15) is 14.9 Å². The fraction of sp³-hybridized carbons (Fsp3) is 0.188. The van der Waals surface area contributed by atoms with E-state index in [0.29, 0.717) is 18.5 Å². The van der Waals surface area contributed by atoms with Crippen molar-refractivity contribution in [3.8, 4) is 0 Å². The number of benzene rings is 2. The van der Waals surface area contributed by atoms with Crippen LogP contribution in [0, 0.1) is 10.1 Å². The van der Waals surface area contributed by atoms with E-state index >= 15 is 0 Å². The Morgan fingerprint density at radius 2 is 1.77 bits per heavy atom. The van der Waals surface area contributed by atoms with Crippen molar-refractivity contribution in [1.29, 1.82) is 0 Å². The number of non-ortho nitro benzene ring substituents is 1. The van der Waals surface area contributed by atoms with Crippen molar-refractivity contribution >= 4 is 11.6 Å². The van der Waals surface area contributed by atoms with Crippen LogP contribution in [-0.4, -0.2) is 23.4 Å². The van der Waals surface area contributed by atoms with Crippen molar-refractivity contribution in [3.63, 3.8) is 0 Å². The predicted molar refractivity (Wildman–Crippen MR) is 83.6 cm³/mol. The molecule has 0 fully saturated rings. The molecule has 114 valence electrons. The van der Waals surface area contributed by atoms with E-state index in [1.807, 2.05) is 30.3 Å². The summed E-state index contributed by atoms with van der Waals surface area (Å²) in [5.41, 5.74) is 7.43. The predicted octanol–water partition coefficient (Wildman–Crippen LogP) is 1.89. The highest BCUT2D eigenvalue weighted by Crippen LogP contribution is 2.11. The summed E-state index contributed by atoms with van der Waals surface area (Å²) >= 11 is 0. The van der Waals surface area contributed by atoms with Gasteiger partial charge in [0.05, 0.1) is 4.92 Å². The van der Waals surface area contributed by atoms with Gasteiger partial charge in [0, 0.05) is 30.3 Å². The van der Waals surface area contributed by atoms with Crippen LogP contribution in [0.1, 0.15) is 15.9 Å². The summed E-state index contributed by atoms with van der Waals surface area (Å²) in [6.07, 6.45) is 0.668. The van der Waals surface area contributed by atoms with Crippen LogP contribution in [0.2, 0.25) is 0 Å². The van der Waals surface area contributed by atoms with Crippen LogP contribution in [0.15, 0.2) is 54.6 Å². The molecule has 0 aliphatic carbocycles. The summed E-state index contributed by atoms with van der Waals surface area (Å²) in [5.74, 6) is -0.293. The molecule has 0 aromatic heterocycles. The Labute approximate surface area is 128 Å². The Kier molecular flexibility index (Phi) is 5.21. The maximum atomic E-state index is 11.9. The lowest BCUT2D eigenvalue weighted by atomic mass is 10.1. The first-order valence-electron chi connectivity index (χ1n) is 6.88. The fourth-order valence-corrected chi connectivity index (χ4v) is 2.05. The Balaban J connectivity index is 1.85. The van der Waals surface area contributed by atoms with E-state index in [-0.39, 0.29) is 17.6 Å². The minimum absolute atomic E-state index is 0.0441. The molecule has 1 amide bonds. The Morgan fingerprint density at radius 1 is 1.14 bits per heavy atom. The van der Waals surface area contributed by atoms with Gasteiger partial charge in [-0.2, -0.15) is 0 Å². The van der Waals surface area contributed by atoms with Gasteiger partial charge in [-0.25, -0.2) is 0 Å². The van der Waals surface area contributed by atoms with Gasteiger partial charge in [-0.3, -0.25) is 14.9 Å². The molecule has 22 heavy (non-hydrogen) atoms. The number of nitrogens with one attached hydrogen (secondary N) is 1. The fourth-order valence-electron chi connectivity index (χ4n) is 2.05.